The van der Waals surface area contributed by atoms with Crippen LogP contribution in [0, 0.1) is 5.92 Å². The second-order valence-electron chi connectivity index (χ2n) is 3.69. The predicted molar refractivity (Wildman–Crippen MR) is 54.9 cm³/mol. The van der Waals surface area contributed by atoms with E-state index in [-0.39, 0.29) is 11.5 Å². The van der Waals surface area contributed by atoms with Crippen LogP contribution in [0.4, 0.5) is 26.3 Å². The van der Waals surface area contributed by atoms with Gasteiger partial charge in [-0.3, -0.25) is 0 Å². The summed E-state index contributed by atoms with van der Waals surface area (Å²) in [5, 5.41) is 8.90. The van der Waals surface area contributed by atoms with Crippen molar-refractivity contribution < 1.29 is 40.9 Å². The van der Waals surface area contributed by atoms with Gasteiger partial charge in [0.1, 0.15) is 11.5 Å². The number of rotatable bonds is 4. The molecule has 0 atom stereocenters. The summed E-state index contributed by atoms with van der Waals surface area (Å²) in [6.07, 6.45) is -9.98. The van der Waals surface area contributed by atoms with Crippen molar-refractivity contribution in [3.63, 3.8) is 0 Å². The summed E-state index contributed by atoms with van der Waals surface area (Å²) < 4.78 is 79.8. The van der Waals surface area contributed by atoms with Crippen LogP contribution in [0.15, 0.2) is 18.2 Å². The smallest absolute Gasteiger partial charge is 0.406 e. The number of hydrogen-bond acceptors (Lipinski definition) is 3. The Morgan fingerprint density at radius 3 is 2.05 bits per heavy atom. The van der Waals surface area contributed by atoms with Gasteiger partial charge in [-0.25, -0.2) is 0 Å². The van der Waals surface area contributed by atoms with E-state index < -0.39 is 30.8 Å². The minimum atomic E-state index is -5.00. The van der Waals surface area contributed by atoms with Gasteiger partial charge in [0.15, 0.2) is 0 Å². The fraction of sp³-hybridized carbons (Fsp3) is 0.364. The van der Waals surface area contributed by atoms with E-state index in [4.69, 9.17) is 5.11 Å². The summed E-state index contributed by atoms with van der Waals surface area (Å²) in [6.45, 7) is 0.597. The molecule has 3 nitrogen and oxygen atoms in total. The number of aliphatic hydroxyl groups is 1. The molecule has 1 aromatic carbocycles. The fourth-order valence-corrected chi connectivity index (χ4v) is 1.34. The van der Waals surface area contributed by atoms with E-state index in [0.29, 0.717) is 18.2 Å². The molecular formula is C11H9F6O3. The van der Waals surface area contributed by atoms with Crippen LogP contribution in [0.3, 0.4) is 0 Å². The van der Waals surface area contributed by atoms with Gasteiger partial charge >= 0.3 is 12.7 Å². The second kappa shape index (κ2) is 5.78. The topological polar surface area (TPSA) is 38.7 Å². The summed E-state index contributed by atoms with van der Waals surface area (Å²) in [6, 6.07) is 2.08. The zero-order chi connectivity index (χ0) is 15.6. The molecule has 113 valence electrons. The monoisotopic (exact) mass is 303 g/mol. The predicted octanol–water partition coefficient (Wildman–Crippen LogP) is 3.42. The number of ether oxygens (including phenoxy) is 2. The largest absolute Gasteiger partial charge is 0.573 e. The van der Waals surface area contributed by atoms with Crippen LogP contribution >= 0.6 is 0 Å². The first-order chi connectivity index (χ1) is 9.02. The van der Waals surface area contributed by atoms with Gasteiger partial charge in [0.2, 0.25) is 0 Å². The molecule has 0 saturated heterocycles. The summed E-state index contributed by atoms with van der Waals surface area (Å²) >= 11 is 0. The zero-order valence-electron chi connectivity index (χ0n) is 9.97. The van der Waals surface area contributed by atoms with Gasteiger partial charge in [0.05, 0.1) is 6.61 Å². The Morgan fingerprint density at radius 1 is 1.05 bits per heavy atom. The van der Waals surface area contributed by atoms with Crippen LogP contribution in [0.2, 0.25) is 0 Å². The van der Waals surface area contributed by atoms with Gasteiger partial charge in [-0.2, -0.15) is 0 Å². The third-order valence-corrected chi connectivity index (χ3v) is 2.11. The standard InChI is InChI=1S/C11H9F6O3/c1-6(5-18)8-4-7(19-10(12,13)14)2-3-9(8)20-11(15,16)17/h2-4,18H,5H2,1H3. The van der Waals surface area contributed by atoms with Crippen molar-refractivity contribution in [2.75, 3.05) is 6.61 Å². The highest BCUT2D eigenvalue weighted by molar-refractivity contribution is 5.47. The third kappa shape index (κ3) is 5.16. The lowest BCUT2D eigenvalue weighted by atomic mass is 10.0. The first kappa shape index (κ1) is 16.4. The molecule has 1 aromatic rings. The molecule has 0 aliphatic rings. The summed E-state index contributed by atoms with van der Waals surface area (Å²) in [5.41, 5.74) is -0.327. The lowest BCUT2D eigenvalue weighted by molar-refractivity contribution is -0.277. The Balaban J connectivity index is 3.13. The van der Waals surface area contributed by atoms with Crippen molar-refractivity contribution in [3.05, 3.63) is 29.7 Å². The average Bonchev–Trinajstić information content (AvgIpc) is 2.26. The Labute approximate surface area is 109 Å². The Morgan fingerprint density at radius 2 is 1.60 bits per heavy atom. The molecule has 0 bridgehead atoms. The fourth-order valence-electron chi connectivity index (χ4n) is 1.34. The third-order valence-electron chi connectivity index (χ3n) is 2.11. The molecule has 0 heterocycles. The van der Waals surface area contributed by atoms with Crippen LogP contribution in [-0.2, 0) is 0 Å². The maximum Gasteiger partial charge on any atom is 0.573 e. The minimum absolute atomic E-state index is 0.00289. The maximum atomic E-state index is 12.2. The normalized spacial score (nSPS) is 12.7. The molecule has 0 aliphatic heterocycles. The lowest BCUT2D eigenvalue weighted by Gasteiger charge is -2.18. The van der Waals surface area contributed by atoms with Crippen LogP contribution in [0.1, 0.15) is 12.5 Å². The molecule has 1 N–H and O–H groups in total. The first-order valence-electron chi connectivity index (χ1n) is 5.11. The van der Waals surface area contributed by atoms with Crippen LogP contribution in [0.5, 0.6) is 11.5 Å². The van der Waals surface area contributed by atoms with Crippen molar-refractivity contribution in [1.29, 1.82) is 0 Å². The van der Waals surface area contributed by atoms with Gasteiger partial charge < -0.3 is 14.6 Å². The molecule has 0 fully saturated rings. The zero-order valence-corrected chi connectivity index (χ0v) is 9.97. The first-order valence-corrected chi connectivity index (χ1v) is 5.11. The second-order valence-corrected chi connectivity index (χ2v) is 3.69. The van der Waals surface area contributed by atoms with E-state index in [1.165, 1.54) is 6.92 Å². The molecule has 0 aliphatic carbocycles. The van der Waals surface area contributed by atoms with E-state index in [0.717, 1.165) is 0 Å². The molecule has 0 saturated carbocycles. The molecule has 20 heavy (non-hydrogen) atoms. The van der Waals surface area contributed by atoms with Gasteiger partial charge in [-0.05, 0) is 18.2 Å². The van der Waals surface area contributed by atoms with Crippen LogP contribution in [0.25, 0.3) is 0 Å². The molecular weight excluding hydrogens is 294 g/mol. The summed E-state index contributed by atoms with van der Waals surface area (Å²) in [4.78, 5) is 0. The van der Waals surface area contributed by atoms with Crippen molar-refractivity contribution >= 4 is 0 Å². The molecule has 0 unspecified atom stereocenters. The van der Waals surface area contributed by atoms with E-state index in [9.17, 15) is 26.3 Å². The average molecular weight is 303 g/mol. The van der Waals surface area contributed by atoms with Crippen molar-refractivity contribution in [3.8, 4) is 11.5 Å². The van der Waals surface area contributed by atoms with E-state index >= 15 is 0 Å². The van der Waals surface area contributed by atoms with Crippen LogP contribution < -0.4 is 9.47 Å². The van der Waals surface area contributed by atoms with Crippen molar-refractivity contribution in [2.45, 2.75) is 19.6 Å². The van der Waals surface area contributed by atoms with E-state index in [1.54, 1.807) is 0 Å². The highest BCUT2D eigenvalue weighted by Crippen LogP contribution is 2.35. The maximum absolute atomic E-state index is 12.2. The Kier molecular flexibility index (Phi) is 4.74. The highest BCUT2D eigenvalue weighted by atomic mass is 19.4. The minimum Gasteiger partial charge on any atom is -0.406 e. The highest BCUT2D eigenvalue weighted by Gasteiger charge is 2.34. The Bertz CT molecular complexity index is 454. The van der Waals surface area contributed by atoms with Gasteiger partial charge in [-0.15, -0.1) is 26.3 Å². The van der Waals surface area contributed by atoms with Gasteiger partial charge in [0.25, 0.3) is 0 Å². The number of hydrogen-bond donors (Lipinski definition) is 1. The number of alkyl halides is 6. The Hall–Kier alpha value is -1.64. The number of aliphatic hydroxyl groups excluding tert-OH is 1. The van der Waals surface area contributed by atoms with Gasteiger partial charge in [0, 0.05) is 11.5 Å². The number of benzene rings is 1. The molecule has 9 heteroatoms. The molecule has 1 radical (unpaired) electrons. The summed E-state index contributed by atoms with van der Waals surface area (Å²) in [5.74, 6) is -1.44. The van der Waals surface area contributed by atoms with Crippen molar-refractivity contribution in [2.24, 2.45) is 0 Å². The van der Waals surface area contributed by atoms with Gasteiger partial charge in [-0.1, -0.05) is 6.92 Å². The van der Waals surface area contributed by atoms with E-state index in [1.807, 2.05) is 0 Å². The molecule has 1 rings (SSSR count). The lowest BCUT2D eigenvalue weighted by Crippen LogP contribution is -2.20. The molecule has 0 aromatic heterocycles. The SMILES string of the molecule is C[C](CO)c1cc(OC(F)(F)F)ccc1OC(F)(F)F. The van der Waals surface area contributed by atoms with E-state index in [2.05, 4.69) is 9.47 Å². The van der Waals surface area contributed by atoms with Crippen LogP contribution in [-0.4, -0.2) is 24.4 Å². The summed E-state index contributed by atoms with van der Waals surface area (Å²) in [7, 11) is 0. The quantitative estimate of drug-likeness (QED) is 0.866. The molecule has 0 spiro atoms. The molecule has 0 amide bonds. The van der Waals surface area contributed by atoms with Crippen molar-refractivity contribution in [1.82, 2.24) is 0 Å². The number of halogens is 6.